The Kier molecular flexibility index (Phi) is 7.98. The van der Waals surface area contributed by atoms with Crippen molar-refractivity contribution in [2.45, 2.75) is 26.8 Å². The number of hydrogen-bond donors (Lipinski definition) is 2. The molecule has 0 spiro atoms. The van der Waals surface area contributed by atoms with E-state index < -0.39 is 0 Å². The van der Waals surface area contributed by atoms with E-state index in [9.17, 15) is 0 Å². The molecule has 0 aliphatic carbocycles. The lowest BCUT2D eigenvalue weighted by Crippen LogP contribution is -2.37. The van der Waals surface area contributed by atoms with E-state index in [0.29, 0.717) is 12.5 Å². The fourth-order valence-electron chi connectivity index (χ4n) is 2.28. The summed E-state index contributed by atoms with van der Waals surface area (Å²) in [5, 5.41) is 11.0. The number of ether oxygens (including phenoxy) is 1. The quantitative estimate of drug-likeness (QED) is 0.417. The summed E-state index contributed by atoms with van der Waals surface area (Å²) in [6.45, 7) is 7.41. The van der Waals surface area contributed by atoms with Crippen LogP contribution in [-0.2, 0) is 11.3 Å². The molecule has 0 fully saturated rings. The molecule has 1 aromatic heterocycles. The summed E-state index contributed by atoms with van der Waals surface area (Å²) in [5.41, 5.74) is 2.16. The van der Waals surface area contributed by atoms with E-state index in [1.54, 1.807) is 7.05 Å². The number of aromatic nitrogens is 2. The number of aliphatic imine (C=N–C) groups is 1. The molecule has 1 heterocycles. The first kappa shape index (κ1) is 19.0. The van der Waals surface area contributed by atoms with Gasteiger partial charge in [0.2, 0.25) is 0 Å². The summed E-state index contributed by atoms with van der Waals surface area (Å²) in [5.74, 6) is 1.37. The topological polar surface area (TPSA) is 63.5 Å². The second-order valence-electron chi connectivity index (χ2n) is 6.30. The first-order chi connectivity index (χ1) is 12.2. The van der Waals surface area contributed by atoms with E-state index in [1.165, 1.54) is 0 Å². The van der Waals surface area contributed by atoms with Gasteiger partial charge in [0.25, 0.3) is 0 Å². The zero-order valence-electron chi connectivity index (χ0n) is 15.4. The van der Waals surface area contributed by atoms with E-state index >= 15 is 0 Å². The van der Waals surface area contributed by atoms with Crippen molar-refractivity contribution in [1.29, 1.82) is 0 Å². The lowest BCUT2D eigenvalue weighted by molar-refractivity contribution is 0.108. The Labute approximate surface area is 150 Å². The largest absolute Gasteiger partial charge is 0.381 e. The Hall–Kier alpha value is -2.34. The first-order valence-electron chi connectivity index (χ1n) is 8.80. The minimum atomic E-state index is 0.583. The second kappa shape index (κ2) is 10.5. The first-order valence-corrected chi connectivity index (χ1v) is 8.80. The Bertz CT molecular complexity index is 636. The van der Waals surface area contributed by atoms with Crippen molar-refractivity contribution in [3.63, 3.8) is 0 Å². The third-order valence-electron chi connectivity index (χ3n) is 3.55. The van der Waals surface area contributed by atoms with E-state index in [-0.39, 0.29) is 0 Å². The molecular formula is C19H29N5O. The number of hydrogen-bond acceptors (Lipinski definition) is 3. The van der Waals surface area contributed by atoms with E-state index in [4.69, 9.17) is 4.74 Å². The highest BCUT2D eigenvalue weighted by atomic mass is 16.5. The fraction of sp³-hybridized carbons (Fsp3) is 0.474. The molecule has 0 saturated heterocycles. The van der Waals surface area contributed by atoms with Crippen LogP contribution in [-0.4, -0.2) is 42.5 Å². The van der Waals surface area contributed by atoms with Crippen LogP contribution in [0.1, 0.15) is 25.8 Å². The maximum Gasteiger partial charge on any atom is 0.191 e. The van der Waals surface area contributed by atoms with Crippen LogP contribution in [0.25, 0.3) is 5.69 Å². The van der Waals surface area contributed by atoms with Crippen LogP contribution in [0.3, 0.4) is 0 Å². The maximum atomic E-state index is 5.57. The molecule has 2 aromatic rings. The minimum Gasteiger partial charge on any atom is -0.381 e. The van der Waals surface area contributed by atoms with Crippen molar-refractivity contribution in [3.05, 3.63) is 48.3 Å². The molecule has 1 aromatic carbocycles. The molecule has 0 unspecified atom stereocenters. The molecule has 6 heteroatoms. The summed E-state index contributed by atoms with van der Waals surface area (Å²) in [6, 6.07) is 10.1. The normalized spacial score (nSPS) is 11.8. The molecule has 0 radical (unpaired) electrons. The van der Waals surface area contributed by atoms with Crippen LogP contribution < -0.4 is 10.6 Å². The molecule has 0 atom stereocenters. The van der Waals surface area contributed by atoms with Gasteiger partial charge < -0.3 is 15.4 Å². The molecule has 0 saturated carbocycles. The SMILES string of the molecule is CN=C(NCCCOCC(C)C)NCc1cnn(-c2ccccc2)c1. The van der Waals surface area contributed by atoms with Crippen molar-refractivity contribution in [3.8, 4) is 5.69 Å². The van der Waals surface area contributed by atoms with Gasteiger partial charge in [0, 0.05) is 45.1 Å². The molecule has 2 rings (SSSR count). The van der Waals surface area contributed by atoms with Crippen LogP contribution in [0, 0.1) is 5.92 Å². The molecular weight excluding hydrogens is 314 g/mol. The minimum absolute atomic E-state index is 0.583. The Morgan fingerprint density at radius 2 is 2.04 bits per heavy atom. The average molecular weight is 343 g/mol. The van der Waals surface area contributed by atoms with E-state index in [2.05, 4.69) is 34.6 Å². The Balaban J connectivity index is 1.70. The van der Waals surface area contributed by atoms with Gasteiger partial charge in [-0.3, -0.25) is 4.99 Å². The van der Waals surface area contributed by atoms with Crippen molar-refractivity contribution in [2.75, 3.05) is 26.8 Å². The third-order valence-corrected chi connectivity index (χ3v) is 3.55. The predicted molar refractivity (Wildman–Crippen MR) is 102 cm³/mol. The average Bonchev–Trinajstić information content (AvgIpc) is 3.10. The summed E-state index contributed by atoms with van der Waals surface area (Å²) in [4.78, 5) is 4.24. The number of para-hydroxylation sites is 1. The summed E-state index contributed by atoms with van der Waals surface area (Å²) in [7, 11) is 1.78. The molecule has 0 amide bonds. The third kappa shape index (κ3) is 6.97. The predicted octanol–water partition coefficient (Wildman–Crippen LogP) is 2.60. The second-order valence-corrected chi connectivity index (χ2v) is 6.30. The Morgan fingerprint density at radius 3 is 2.76 bits per heavy atom. The van der Waals surface area contributed by atoms with Gasteiger partial charge in [-0.05, 0) is 24.5 Å². The molecule has 6 nitrogen and oxygen atoms in total. The van der Waals surface area contributed by atoms with Gasteiger partial charge in [-0.15, -0.1) is 0 Å². The zero-order chi connectivity index (χ0) is 17.9. The number of rotatable bonds is 9. The summed E-state index contributed by atoms with van der Waals surface area (Å²) in [6.07, 6.45) is 4.85. The van der Waals surface area contributed by atoms with Crippen LogP contribution in [0.5, 0.6) is 0 Å². The van der Waals surface area contributed by atoms with Crippen LogP contribution >= 0.6 is 0 Å². The lowest BCUT2D eigenvalue weighted by atomic mass is 10.2. The van der Waals surface area contributed by atoms with Crippen molar-refractivity contribution in [2.24, 2.45) is 10.9 Å². The van der Waals surface area contributed by atoms with Crippen molar-refractivity contribution < 1.29 is 4.74 Å². The highest BCUT2D eigenvalue weighted by molar-refractivity contribution is 5.79. The smallest absolute Gasteiger partial charge is 0.191 e. The standard InChI is InChI=1S/C19H29N5O/c1-16(2)15-25-11-7-10-21-19(20-3)22-12-17-13-23-24(14-17)18-8-5-4-6-9-18/h4-6,8-9,13-14,16H,7,10-12,15H2,1-3H3,(H2,20,21,22). The number of nitrogens with zero attached hydrogens (tertiary/aromatic N) is 3. The maximum absolute atomic E-state index is 5.57. The van der Waals surface area contributed by atoms with Crippen molar-refractivity contribution >= 4 is 5.96 Å². The number of benzene rings is 1. The van der Waals surface area contributed by atoms with Crippen LogP contribution in [0.4, 0.5) is 0 Å². The Morgan fingerprint density at radius 1 is 1.24 bits per heavy atom. The van der Waals surface area contributed by atoms with E-state index in [1.807, 2.05) is 47.4 Å². The van der Waals surface area contributed by atoms with Crippen LogP contribution in [0.2, 0.25) is 0 Å². The molecule has 2 N–H and O–H groups in total. The summed E-state index contributed by atoms with van der Waals surface area (Å²) < 4.78 is 7.45. The van der Waals surface area contributed by atoms with Gasteiger partial charge >= 0.3 is 0 Å². The van der Waals surface area contributed by atoms with Gasteiger partial charge in [0.15, 0.2) is 5.96 Å². The van der Waals surface area contributed by atoms with Gasteiger partial charge in [0.1, 0.15) is 0 Å². The van der Waals surface area contributed by atoms with Gasteiger partial charge in [-0.25, -0.2) is 4.68 Å². The number of guanidine groups is 1. The number of nitrogens with one attached hydrogen (secondary N) is 2. The van der Waals surface area contributed by atoms with Crippen LogP contribution in [0.15, 0.2) is 47.7 Å². The van der Waals surface area contributed by atoms with Crippen molar-refractivity contribution in [1.82, 2.24) is 20.4 Å². The monoisotopic (exact) mass is 343 g/mol. The highest BCUT2D eigenvalue weighted by Gasteiger charge is 2.02. The highest BCUT2D eigenvalue weighted by Crippen LogP contribution is 2.07. The lowest BCUT2D eigenvalue weighted by Gasteiger charge is -2.11. The molecule has 0 bridgehead atoms. The summed E-state index contributed by atoms with van der Waals surface area (Å²) >= 11 is 0. The fourth-order valence-corrected chi connectivity index (χ4v) is 2.28. The van der Waals surface area contributed by atoms with Gasteiger partial charge in [0.05, 0.1) is 11.9 Å². The molecule has 25 heavy (non-hydrogen) atoms. The molecule has 0 aliphatic heterocycles. The molecule has 0 aliphatic rings. The van der Waals surface area contributed by atoms with E-state index in [0.717, 1.165) is 43.4 Å². The zero-order valence-corrected chi connectivity index (χ0v) is 15.4. The van der Waals surface area contributed by atoms with Gasteiger partial charge in [-0.2, -0.15) is 5.10 Å². The molecule has 136 valence electrons. The van der Waals surface area contributed by atoms with Gasteiger partial charge in [-0.1, -0.05) is 32.0 Å².